The standard InChI is InChI=1S/C14H11N5O4/c1-2-18-7-9(6-15)13(20)19(14(18)21)8-11-16-12(17-23-11)10-4-3-5-22-10/h3-5,7H,2,8H2,1H3. The third-order valence-electron chi connectivity index (χ3n) is 3.20. The van der Waals surface area contributed by atoms with E-state index in [2.05, 4.69) is 10.1 Å². The number of nitrogens with zero attached hydrogens (tertiary/aromatic N) is 5. The minimum Gasteiger partial charge on any atom is -0.461 e. The van der Waals surface area contributed by atoms with Crippen molar-refractivity contribution in [1.82, 2.24) is 19.3 Å². The average Bonchev–Trinajstić information content (AvgIpc) is 3.23. The Morgan fingerprint density at radius 2 is 2.22 bits per heavy atom. The molecule has 0 saturated carbocycles. The van der Waals surface area contributed by atoms with Gasteiger partial charge < -0.3 is 8.94 Å². The van der Waals surface area contributed by atoms with Crippen molar-refractivity contribution in [3.8, 4) is 17.7 Å². The zero-order valence-corrected chi connectivity index (χ0v) is 12.1. The number of aryl methyl sites for hydroxylation is 1. The van der Waals surface area contributed by atoms with Crippen LogP contribution in [0.5, 0.6) is 0 Å². The summed E-state index contributed by atoms with van der Waals surface area (Å²) < 4.78 is 12.3. The topological polar surface area (TPSA) is 120 Å². The Bertz CT molecular complexity index is 988. The second-order valence-electron chi connectivity index (χ2n) is 4.60. The summed E-state index contributed by atoms with van der Waals surface area (Å²) in [6.45, 7) is 1.84. The van der Waals surface area contributed by atoms with Crippen molar-refractivity contribution in [3.63, 3.8) is 0 Å². The molecule has 3 aromatic heterocycles. The highest BCUT2D eigenvalue weighted by Crippen LogP contribution is 2.15. The van der Waals surface area contributed by atoms with Crippen LogP contribution in [-0.2, 0) is 13.1 Å². The normalized spacial score (nSPS) is 10.6. The predicted octanol–water partition coefficient (Wildman–Crippen LogP) is 0.593. The third-order valence-corrected chi connectivity index (χ3v) is 3.20. The van der Waals surface area contributed by atoms with Crippen molar-refractivity contribution in [2.75, 3.05) is 0 Å². The maximum absolute atomic E-state index is 12.2. The van der Waals surface area contributed by atoms with Crippen LogP contribution < -0.4 is 11.2 Å². The minimum absolute atomic E-state index is 0.0633. The van der Waals surface area contributed by atoms with E-state index in [4.69, 9.17) is 14.2 Å². The Labute approximate surface area is 129 Å². The molecule has 3 rings (SSSR count). The van der Waals surface area contributed by atoms with Gasteiger partial charge in [0.25, 0.3) is 5.56 Å². The summed E-state index contributed by atoms with van der Waals surface area (Å²) in [5.74, 6) is 0.683. The molecule has 9 heteroatoms. The van der Waals surface area contributed by atoms with E-state index in [-0.39, 0.29) is 23.8 Å². The van der Waals surface area contributed by atoms with Gasteiger partial charge in [0.1, 0.15) is 18.2 Å². The van der Waals surface area contributed by atoms with Gasteiger partial charge in [0, 0.05) is 12.7 Å². The fraction of sp³-hybridized carbons (Fsp3) is 0.214. The molecule has 23 heavy (non-hydrogen) atoms. The maximum atomic E-state index is 12.2. The molecule has 0 radical (unpaired) electrons. The Kier molecular flexibility index (Phi) is 3.64. The summed E-state index contributed by atoms with van der Waals surface area (Å²) >= 11 is 0. The SMILES string of the molecule is CCn1cc(C#N)c(=O)n(Cc2nc(-c3ccco3)no2)c1=O. The van der Waals surface area contributed by atoms with E-state index in [1.54, 1.807) is 25.1 Å². The Balaban J connectivity index is 2.02. The first kappa shape index (κ1) is 14.5. The van der Waals surface area contributed by atoms with Gasteiger partial charge in [0.15, 0.2) is 5.76 Å². The number of furan rings is 1. The Morgan fingerprint density at radius 3 is 2.87 bits per heavy atom. The molecule has 9 nitrogen and oxygen atoms in total. The van der Waals surface area contributed by atoms with Gasteiger partial charge in [-0.15, -0.1) is 0 Å². The molecule has 0 N–H and O–H groups in total. The number of nitriles is 1. The van der Waals surface area contributed by atoms with E-state index in [0.717, 1.165) is 4.57 Å². The van der Waals surface area contributed by atoms with Crippen LogP contribution in [0.1, 0.15) is 18.4 Å². The van der Waals surface area contributed by atoms with E-state index in [1.165, 1.54) is 17.0 Å². The van der Waals surface area contributed by atoms with Gasteiger partial charge in [-0.2, -0.15) is 10.2 Å². The van der Waals surface area contributed by atoms with Crippen LogP contribution in [0.4, 0.5) is 0 Å². The van der Waals surface area contributed by atoms with Crippen LogP contribution >= 0.6 is 0 Å². The largest absolute Gasteiger partial charge is 0.461 e. The minimum atomic E-state index is -0.694. The van der Waals surface area contributed by atoms with Crippen molar-refractivity contribution in [1.29, 1.82) is 5.26 Å². The molecule has 116 valence electrons. The fourth-order valence-electron chi connectivity index (χ4n) is 2.06. The molecular weight excluding hydrogens is 302 g/mol. The summed E-state index contributed by atoms with van der Waals surface area (Å²) in [6, 6.07) is 5.10. The molecule has 0 amide bonds. The highest BCUT2D eigenvalue weighted by molar-refractivity contribution is 5.44. The van der Waals surface area contributed by atoms with Crippen LogP contribution in [-0.4, -0.2) is 19.3 Å². The second-order valence-corrected chi connectivity index (χ2v) is 4.60. The molecule has 3 aromatic rings. The average molecular weight is 313 g/mol. The van der Waals surface area contributed by atoms with Crippen LogP contribution in [0.25, 0.3) is 11.6 Å². The van der Waals surface area contributed by atoms with Crippen LogP contribution in [0, 0.1) is 11.3 Å². The summed E-state index contributed by atoms with van der Waals surface area (Å²) in [5.41, 5.74) is -1.37. The molecule has 0 spiro atoms. The maximum Gasteiger partial charge on any atom is 0.331 e. The smallest absolute Gasteiger partial charge is 0.331 e. The molecule has 0 aliphatic carbocycles. The van der Waals surface area contributed by atoms with Crippen LogP contribution in [0.15, 0.2) is 43.1 Å². The van der Waals surface area contributed by atoms with Gasteiger partial charge in [-0.1, -0.05) is 5.16 Å². The van der Waals surface area contributed by atoms with Gasteiger partial charge in [0.2, 0.25) is 11.7 Å². The molecular formula is C14H11N5O4. The lowest BCUT2D eigenvalue weighted by molar-refractivity contribution is 0.364. The lowest BCUT2D eigenvalue weighted by atomic mass is 10.3. The van der Waals surface area contributed by atoms with Crippen molar-refractivity contribution in [3.05, 3.63) is 56.9 Å². The summed E-state index contributed by atoms with van der Waals surface area (Å²) in [5, 5.41) is 12.7. The van der Waals surface area contributed by atoms with Crippen molar-refractivity contribution < 1.29 is 8.94 Å². The van der Waals surface area contributed by atoms with E-state index < -0.39 is 11.2 Å². The zero-order valence-electron chi connectivity index (χ0n) is 12.1. The summed E-state index contributed by atoms with van der Waals surface area (Å²) in [4.78, 5) is 28.5. The second kappa shape index (κ2) is 5.76. The molecule has 0 unspecified atom stereocenters. The van der Waals surface area contributed by atoms with Crippen molar-refractivity contribution in [2.45, 2.75) is 20.0 Å². The molecule has 0 atom stereocenters. The fourth-order valence-corrected chi connectivity index (χ4v) is 2.06. The number of aromatic nitrogens is 4. The molecule has 3 heterocycles. The van der Waals surface area contributed by atoms with E-state index >= 15 is 0 Å². The molecule has 0 fully saturated rings. The third kappa shape index (κ3) is 2.57. The predicted molar refractivity (Wildman–Crippen MR) is 76.5 cm³/mol. The first-order chi connectivity index (χ1) is 11.1. The molecule has 0 bridgehead atoms. The van der Waals surface area contributed by atoms with Crippen LogP contribution in [0.2, 0.25) is 0 Å². The van der Waals surface area contributed by atoms with E-state index in [0.29, 0.717) is 12.3 Å². The number of rotatable bonds is 4. The van der Waals surface area contributed by atoms with Crippen molar-refractivity contribution >= 4 is 0 Å². The van der Waals surface area contributed by atoms with Crippen molar-refractivity contribution in [2.24, 2.45) is 0 Å². The quantitative estimate of drug-likeness (QED) is 0.691. The lowest BCUT2D eigenvalue weighted by Gasteiger charge is -2.07. The lowest BCUT2D eigenvalue weighted by Crippen LogP contribution is -2.41. The van der Waals surface area contributed by atoms with Gasteiger partial charge in [-0.05, 0) is 19.1 Å². The number of hydrogen-bond acceptors (Lipinski definition) is 7. The van der Waals surface area contributed by atoms with E-state index in [1.807, 2.05) is 0 Å². The molecule has 0 aliphatic heterocycles. The highest BCUT2D eigenvalue weighted by Gasteiger charge is 2.16. The van der Waals surface area contributed by atoms with E-state index in [9.17, 15) is 9.59 Å². The highest BCUT2D eigenvalue weighted by atomic mass is 16.5. The summed E-state index contributed by atoms with van der Waals surface area (Å²) in [7, 11) is 0. The molecule has 0 aromatic carbocycles. The summed E-state index contributed by atoms with van der Waals surface area (Å²) in [6.07, 6.45) is 2.70. The Morgan fingerprint density at radius 1 is 1.39 bits per heavy atom. The first-order valence-electron chi connectivity index (χ1n) is 6.75. The Hall–Kier alpha value is -3.41. The van der Waals surface area contributed by atoms with Gasteiger partial charge >= 0.3 is 5.69 Å². The van der Waals surface area contributed by atoms with Gasteiger partial charge in [0.05, 0.1) is 6.26 Å². The molecule has 0 aliphatic rings. The zero-order chi connectivity index (χ0) is 16.4. The van der Waals surface area contributed by atoms with Gasteiger partial charge in [-0.25, -0.2) is 9.36 Å². The van der Waals surface area contributed by atoms with Gasteiger partial charge in [-0.3, -0.25) is 9.36 Å². The number of hydrogen-bond donors (Lipinski definition) is 0. The molecule has 0 saturated heterocycles. The monoisotopic (exact) mass is 313 g/mol. The first-order valence-corrected chi connectivity index (χ1v) is 6.75. The van der Waals surface area contributed by atoms with Crippen LogP contribution in [0.3, 0.4) is 0 Å².